The van der Waals surface area contributed by atoms with Crippen LogP contribution in [0.25, 0.3) is 10.9 Å². The number of ketones is 1. The van der Waals surface area contributed by atoms with Gasteiger partial charge in [-0.3, -0.25) is 4.79 Å². The molecule has 1 aliphatic rings. The number of para-hydroxylation sites is 1. The maximum absolute atomic E-state index is 11.6. The van der Waals surface area contributed by atoms with E-state index in [0.29, 0.717) is 12.4 Å². The second kappa shape index (κ2) is 5.61. The van der Waals surface area contributed by atoms with Crippen LogP contribution in [0.4, 0.5) is 0 Å². The van der Waals surface area contributed by atoms with Crippen molar-refractivity contribution >= 4 is 16.7 Å². The smallest absolute Gasteiger partial charge is 0.145 e. The van der Waals surface area contributed by atoms with E-state index < -0.39 is 0 Å². The molecule has 0 N–H and O–H groups in total. The Labute approximate surface area is 119 Å². The van der Waals surface area contributed by atoms with Gasteiger partial charge in [0.25, 0.3) is 0 Å². The minimum atomic E-state index is 0.208. The average Bonchev–Trinajstić information content (AvgIpc) is 2.85. The van der Waals surface area contributed by atoms with Crippen LogP contribution in [0.15, 0.2) is 30.3 Å². The number of carbonyl (C=O) groups is 1. The average molecular weight is 269 g/mol. The highest BCUT2D eigenvalue weighted by Crippen LogP contribution is 2.27. The summed E-state index contributed by atoms with van der Waals surface area (Å²) in [4.78, 5) is 16.2. The van der Waals surface area contributed by atoms with E-state index in [0.717, 1.165) is 48.0 Å². The Hall–Kier alpha value is -1.90. The molecule has 1 atom stereocenters. The molecule has 1 saturated carbocycles. The van der Waals surface area contributed by atoms with Gasteiger partial charge in [-0.15, -0.1) is 0 Å². The molecule has 1 unspecified atom stereocenters. The molecule has 0 spiro atoms. The Balaban J connectivity index is 1.71. The number of Topliss-reactive ketones (excluding diaryl/α,β-unsaturated/α-hetero) is 1. The summed E-state index contributed by atoms with van der Waals surface area (Å²) in [5.41, 5.74) is 1.89. The van der Waals surface area contributed by atoms with Gasteiger partial charge in [-0.25, -0.2) is 4.98 Å². The lowest BCUT2D eigenvalue weighted by Gasteiger charge is -2.11. The van der Waals surface area contributed by atoms with Crippen molar-refractivity contribution in [3.8, 4) is 5.75 Å². The highest BCUT2D eigenvalue weighted by molar-refractivity contribution is 5.84. The van der Waals surface area contributed by atoms with Gasteiger partial charge in [-0.2, -0.15) is 0 Å². The third-order valence-corrected chi connectivity index (χ3v) is 3.98. The van der Waals surface area contributed by atoms with E-state index in [-0.39, 0.29) is 5.92 Å². The van der Waals surface area contributed by atoms with E-state index in [2.05, 4.69) is 11.1 Å². The number of aryl methyl sites for hydroxylation is 1. The van der Waals surface area contributed by atoms with Gasteiger partial charge in [-0.05, 0) is 38.3 Å². The van der Waals surface area contributed by atoms with E-state index in [1.165, 1.54) is 0 Å². The summed E-state index contributed by atoms with van der Waals surface area (Å²) >= 11 is 0. The highest BCUT2D eigenvalue weighted by atomic mass is 16.5. The number of nitrogens with zero attached hydrogens (tertiary/aromatic N) is 1. The maximum Gasteiger partial charge on any atom is 0.145 e. The number of hydrogen-bond acceptors (Lipinski definition) is 3. The maximum atomic E-state index is 11.6. The summed E-state index contributed by atoms with van der Waals surface area (Å²) < 4.78 is 5.87. The minimum absolute atomic E-state index is 0.208. The molecule has 0 aliphatic heterocycles. The molecule has 0 saturated heterocycles. The first-order chi connectivity index (χ1) is 9.74. The van der Waals surface area contributed by atoms with Gasteiger partial charge < -0.3 is 4.74 Å². The van der Waals surface area contributed by atoms with Crippen molar-refractivity contribution in [2.45, 2.75) is 32.6 Å². The lowest BCUT2D eigenvalue weighted by Crippen LogP contribution is -2.11. The van der Waals surface area contributed by atoms with Crippen molar-refractivity contribution in [3.63, 3.8) is 0 Å². The van der Waals surface area contributed by atoms with Crippen molar-refractivity contribution in [3.05, 3.63) is 36.0 Å². The first-order valence-electron chi connectivity index (χ1n) is 7.26. The van der Waals surface area contributed by atoms with Gasteiger partial charge in [-0.1, -0.05) is 18.2 Å². The molecule has 3 rings (SSSR count). The highest BCUT2D eigenvalue weighted by Gasteiger charge is 2.23. The summed E-state index contributed by atoms with van der Waals surface area (Å²) in [6.45, 7) is 2.57. The van der Waals surface area contributed by atoms with Crippen LogP contribution in [-0.2, 0) is 4.79 Å². The Morgan fingerprint density at radius 3 is 3.00 bits per heavy atom. The van der Waals surface area contributed by atoms with Crippen LogP contribution in [-0.4, -0.2) is 17.4 Å². The van der Waals surface area contributed by atoms with Gasteiger partial charge in [0.15, 0.2) is 0 Å². The number of ether oxygens (including phenoxy) is 1. The summed E-state index contributed by atoms with van der Waals surface area (Å²) in [5.74, 6) is 1.43. The summed E-state index contributed by atoms with van der Waals surface area (Å²) in [7, 11) is 0. The van der Waals surface area contributed by atoms with E-state index in [9.17, 15) is 4.79 Å². The fraction of sp³-hybridized carbons (Fsp3) is 0.412. The Kier molecular flexibility index (Phi) is 3.68. The van der Waals surface area contributed by atoms with Crippen LogP contribution in [0, 0.1) is 12.8 Å². The van der Waals surface area contributed by atoms with Crippen LogP contribution >= 0.6 is 0 Å². The van der Waals surface area contributed by atoms with Crippen LogP contribution in [0.3, 0.4) is 0 Å². The molecule has 104 valence electrons. The zero-order chi connectivity index (χ0) is 13.9. The zero-order valence-corrected chi connectivity index (χ0v) is 11.8. The van der Waals surface area contributed by atoms with Gasteiger partial charge in [0, 0.05) is 23.4 Å². The Morgan fingerprint density at radius 2 is 2.20 bits per heavy atom. The predicted molar refractivity (Wildman–Crippen MR) is 78.9 cm³/mol. The van der Waals surface area contributed by atoms with E-state index in [1.54, 1.807) is 0 Å². The summed E-state index contributed by atoms with van der Waals surface area (Å²) in [6, 6.07) is 10.0. The Bertz CT molecular complexity index is 636. The van der Waals surface area contributed by atoms with Crippen molar-refractivity contribution in [2.75, 3.05) is 6.61 Å². The molecule has 0 radical (unpaired) electrons. The fourth-order valence-electron chi connectivity index (χ4n) is 2.84. The molecule has 0 amide bonds. The number of carbonyl (C=O) groups excluding carboxylic acids is 1. The second-order valence-electron chi connectivity index (χ2n) is 5.47. The lowest BCUT2D eigenvalue weighted by molar-refractivity contribution is -0.120. The number of benzene rings is 1. The molecule has 3 heteroatoms. The first kappa shape index (κ1) is 13.1. The van der Waals surface area contributed by atoms with Crippen LogP contribution in [0.5, 0.6) is 5.75 Å². The minimum Gasteiger partial charge on any atom is -0.491 e. The van der Waals surface area contributed by atoms with Crippen LogP contribution in [0.2, 0.25) is 0 Å². The van der Waals surface area contributed by atoms with Crippen molar-refractivity contribution in [1.29, 1.82) is 0 Å². The lowest BCUT2D eigenvalue weighted by atomic mass is 10.0. The van der Waals surface area contributed by atoms with E-state index >= 15 is 0 Å². The molecule has 2 aromatic rings. The molecule has 1 heterocycles. The molecule has 1 aromatic carbocycles. The van der Waals surface area contributed by atoms with Gasteiger partial charge in [0.2, 0.25) is 0 Å². The standard InChI is InChI=1S/C17H19NO2/c1-12-8-9-14-5-3-7-16(17(14)18-12)20-11-10-13-4-2-6-15(13)19/h3,5,7-9,13H,2,4,6,10-11H2,1H3. The van der Waals surface area contributed by atoms with Crippen LogP contribution < -0.4 is 4.74 Å². The number of aromatic nitrogens is 1. The molecule has 0 bridgehead atoms. The number of rotatable bonds is 4. The SMILES string of the molecule is Cc1ccc2cccc(OCCC3CCCC3=O)c2n1. The monoisotopic (exact) mass is 269 g/mol. The predicted octanol–water partition coefficient (Wildman–Crippen LogP) is 3.68. The molecule has 3 nitrogen and oxygen atoms in total. The van der Waals surface area contributed by atoms with Crippen molar-refractivity contribution < 1.29 is 9.53 Å². The van der Waals surface area contributed by atoms with Crippen molar-refractivity contribution in [2.24, 2.45) is 5.92 Å². The fourth-order valence-corrected chi connectivity index (χ4v) is 2.84. The number of pyridine rings is 1. The number of hydrogen-bond donors (Lipinski definition) is 0. The molecule has 20 heavy (non-hydrogen) atoms. The Morgan fingerprint density at radius 1 is 1.30 bits per heavy atom. The third-order valence-electron chi connectivity index (χ3n) is 3.98. The largest absolute Gasteiger partial charge is 0.491 e. The molecule has 1 aromatic heterocycles. The zero-order valence-electron chi connectivity index (χ0n) is 11.8. The third kappa shape index (κ3) is 2.67. The molecule has 1 aliphatic carbocycles. The van der Waals surface area contributed by atoms with Gasteiger partial charge in [0.05, 0.1) is 6.61 Å². The molecular formula is C17H19NO2. The molecule has 1 fully saturated rings. The topological polar surface area (TPSA) is 39.2 Å². The summed E-state index contributed by atoms with van der Waals surface area (Å²) in [6.07, 6.45) is 3.63. The summed E-state index contributed by atoms with van der Waals surface area (Å²) in [5, 5.41) is 1.09. The van der Waals surface area contributed by atoms with Gasteiger partial charge >= 0.3 is 0 Å². The van der Waals surface area contributed by atoms with Crippen molar-refractivity contribution in [1.82, 2.24) is 4.98 Å². The number of fused-ring (bicyclic) bond motifs is 1. The normalized spacial score (nSPS) is 18.6. The van der Waals surface area contributed by atoms with E-state index in [1.807, 2.05) is 31.2 Å². The quantitative estimate of drug-likeness (QED) is 0.850. The second-order valence-corrected chi connectivity index (χ2v) is 5.47. The van der Waals surface area contributed by atoms with Crippen LogP contribution in [0.1, 0.15) is 31.4 Å². The first-order valence-corrected chi connectivity index (χ1v) is 7.26. The van der Waals surface area contributed by atoms with Gasteiger partial charge in [0.1, 0.15) is 17.0 Å². The van der Waals surface area contributed by atoms with E-state index in [4.69, 9.17) is 4.74 Å². The molecular weight excluding hydrogens is 250 g/mol.